The van der Waals surface area contributed by atoms with Gasteiger partial charge in [0.05, 0.1) is 11.0 Å². The van der Waals surface area contributed by atoms with Crippen LogP contribution in [0.1, 0.15) is 31.2 Å². The molecule has 1 fully saturated rings. The number of halogens is 1. The van der Waals surface area contributed by atoms with Gasteiger partial charge in [-0.2, -0.15) is 0 Å². The molecular weight excluding hydrogens is 295 g/mol. The minimum atomic E-state index is -3.83. The molecule has 118 valence electrons. The van der Waals surface area contributed by atoms with Crippen molar-refractivity contribution in [2.75, 3.05) is 12.3 Å². The van der Waals surface area contributed by atoms with E-state index in [1.54, 1.807) is 0 Å². The van der Waals surface area contributed by atoms with Gasteiger partial charge in [0, 0.05) is 17.8 Å². The predicted octanol–water partition coefficient (Wildman–Crippen LogP) is 1.55. The van der Waals surface area contributed by atoms with Crippen molar-refractivity contribution < 1.29 is 17.9 Å². The highest BCUT2D eigenvalue weighted by Crippen LogP contribution is 2.25. The third-order valence-electron chi connectivity index (χ3n) is 4.07. The zero-order valence-electron chi connectivity index (χ0n) is 12.0. The van der Waals surface area contributed by atoms with Gasteiger partial charge in [-0.1, -0.05) is 12.8 Å². The summed E-state index contributed by atoms with van der Waals surface area (Å²) in [6.45, 7) is 1.64. The molecule has 0 aromatic heterocycles. The molecule has 0 amide bonds. The zero-order chi connectivity index (χ0) is 15.6. The van der Waals surface area contributed by atoms with Crippen molar-refractivity contribution >= 4 is 15.7 Å². The maximum atomic E-state index is 13.6. The highest BCUT2D eigenvalue weighted by molar-refractivity contribution is 7.89. The average molecular weight is 316 g/mol. The molecule has 2 rings (SSSR count). The summed E-state index contributed by atoms with van der Waals surface area (Å²) in [5.74, 6) is -0.741. The summed E-state index contributed by atoms with van der Waals surface area (Å²) >= 11 is 0. The molecule has 7 heteroatoms. The molecule has 1 aliphatic rings. The fourth-order valence-corrected chi connectivity index (χ4v) is 3.70. The van der Waals surface area contributed by atoms with Gasteiger partial charge in [-0.05, 0) is 37.8 Å². The molecule has 1 saturated carbocycles. The Kier molecular flexibility index (Phi) is 4.85. The molecule has 0 spiro atoms. The lowest BCUT2D eigenvalue weighted by Gasteiger charge is -2.27. The number of aliphatic hydroxyl groups excluding tert-OH is 1. The normalized spacial score (nSPS) is 23.2. The van der Waals surface area contributed by atoms with Crippen LogP contribution in [0.4, 0.5) is 10.1 Å². The molecule has 1 aromatic rings. The third-order valence-corrected chi connectivity index (χ3v) is 5.48. The van der Waals surface area contributed by atoms with Crippen LogP contribution in [-0.4, -0.2) is 26.2 Å². The Morgan fingerprint density at radius 3 is 2.67 bits per heavy atom. The van der Waals surface area contributed by atoms with E-state index in [0.29, 0.717) is 6.42 Å². The van der Waals surface area contributed by atoms with Crippen molar-refractivity contribution in [2.24, 2.45) is 5.92 Å². The monoisotopic (exact) mass is 316 g/mol. The lowest BCUT2D eigenvalue weighted by Crippen LogP contribution is -2.36. The Bertz CT molecular complexity index is 596. The van der Waals surface area contributed by atoms with Crippen LogP contribution in [0.3, 0.4) is 0 Å². The molecule has 1 aromatic carbocycles. The predicted molar refractivity (Wildman–Crippen MR) is 78.7 cm³/mol. The van der Waals surface area contributed by atoms with Crippen molar-refractivity contribution in [3.8, 4) is 0 Å². The van der Waals surface area contributed by atoms with Gasteiger partial charge in [-0.15, -0.1) is 0 Å². The van der Waals surface area contributed by atoms with Gasteiger partial charge in [-0.25, -0.2) is 17.5 Å². The highest BCUT2D eigenvalue weighted by atomic mass is 32.2. The summed E-state index contributed by atoms with van der Waals surface area (Å²) in [6, 6.07) is 2.21. The number of benzene rings is 1. The maximum Gasteiger partial charge on any atom is 0.240 e. The number of nitrogens with one attached hydrogen (secondary N) is 1. The summed E-state index contributed by atoms with van der Waals surface area (Å²) in [6.07, 6.45) is 2.94. The third kappa shape index (κ3) is 3.72. The van der Waals surface area contributed by atoms with Crippen LogP contribution in [0.25, 0.3) is 0 Å². The van der Waals surface area contributed by atoms with E-state index in [2.05, 4.69) is 4.72 Å². The largest absolute Gasteiger partial charge is 0.398 e. The van der Waals surface area contributed by atoms with E-state index in [9.17, 15) is 17.9 Å². The molecule has 0 radical (unpaired) electrons. The molecule has 4 N–H and O–H groups in total. The van der Waals surface area contributed by atoms with Crippen LogP contribution >= 0.6 is 0 Å². The molecule has 0 bridgehead atoms. The average Bonchev–Trinajstić information content (AvgIpc) is 2.43. The van der Waals surface area contributed by atoms with Crippen molar-refractivity contribution in [3.05, 3.63) is 23.5 Å². The first-order chi connectivity index (χ1) is 9.81. The van der Waals surface area contributed by atoms with E-state index in [4.69, 9.17) is 5.73 Å². The summed E-state index contributed by atoms with van der Waals surface area (Å²) in [4.78, 5) is -0.187. The van der Waals surface area contributed by atoms with Crippen LogP contribution in [0, 0.1) is 18.7 Å². The topological polar surface area (TPSA) is 92.4 Å². The van der Waals surface area contributed by atoms with Gasteiger partial charge in [0.2, 0.25) is 10.0 Å². The second-order valence-electron chi connectivity index (χ2n) is 5.58. The second-order valence-corrected chi connectivity index (χ2v) is 7.35. The fourth-order valence-electron chi connectivity index (χ4n) is 2.56. The number of rotatable bonds is 4. The zero-order valence-corrected chi connectivity index (χ0v) is 12.8. The van der Waals surface area contributed by atoms with Crippen molar-refractivity contribution in [1.29, 1.82) is 0 Å². The van der Waals surface area contributed by atoms with E-state index >= 15 is 0 Å². The summed E-state index contributed by atoms with van der Waals surface area (Å²) in [7, 11) is -3.83. The number of nitrogen functional groups attached to an aromatic ring is 1. The molecule has 1 aliphatic carbocycles. The quantitative estimate of drug-likeness (QED) is 0.735. The molecule has 21 heavy (non-hydrogen) atoms. The lowest BCUT2D eigenvalue weighted by molar-refractivity contribution is 0.0724. The number of nitrogens with two attached hydrogens (primary N) is 1. The van der Waals surface area contributed by atoms with Gasteiger partial charge in [0.1, 0.15) is 5.82 Å². The molecule has 2 atom stereocenters. The Morgan fingerprint density at radius 1 is 1.38 bits per heavy atom. The summed E-state index contributed by atoms with van der Waals surface area (Å²) in [5.41, 5.74) is 5.94. The Morgan fingerprint density at radius 2 is 2.05 bits per heavy atom. The number of aliphatic hydroxyl groups is 1. The SMILES string of the molecule is Cc1c(N)cc(S(=O)(=O)NCC2CCCCC2O)cc1F. The number of hydrogen-bond donors (Lipinski definition) is 3. The van der Waals surface area contributed by atoms with Crippen LogP contribution in [0.5, 0.6) is 0 Å². The van der Waals surface area contributed by atoms with E-state index in [1.807, 2.05) is 0 Å². The van der Waals surface area contributed by atoms with E-state index < -0.39 is 21.9 Å². The number of hydrogen-bond acceptors (Lipinski definition) is 4. The number of anilines is 1. The van der Waals surface area contributed by atoms with Gasteiger partial charge in [-0.3, -0.25) is 0 Å². The Balaban J connectivity index is 2.11. The fraction of sp³-hybridized carbons (Fsp3) is 0.571. The molecule has 0 heterocycles. The van der Waals surface area contributed by atoms with Gasteiger partial charge in [0.15, 0.2) is 0 Å². The number of sulfonamides is 1. The van der Waals surface area contributed by atoms with Crippen LogP contribution in [0.15, 0.2) is 17.0 Å². The first-order valence-corrected chi connectivity index (χ1v) is 8.53. The molecule has 5 nitrogen and oxygen atoms in total. The van der Waals surface area contributed by atoms with Crippen LogP contribution in [0.2, 0.25) is 0 Å². The van der Waals surface area contributed by atoms with Crippen LogP contribution < -0.4 is 10.5 Å². The molecular formula is C14H21FN2O3S. The van der Waals surface area contributed by atoms with Crippen LogP contribution in [-0.2, 0) is 10.0 Å². The first-order valence-electron chi connectivity index (χ1n) is 7.04. The Labute approximate surface area is 124 Å². The summed E-state index contributed by atoms with van der Waals surface area (Å²) < 4.78 is 40.4. The summed E-state index contributed by atoms with van der Waals surface area (Å²) in [5, 5.41) is 9.85. The van der Waals surface area contributed by atoms with Gasteiger partial charge < -0.3 is 10.8 Å². The smallest absolute Gasteiger partial charge is 0.240 e. The van der Waals surface area contributed by atoms with Crippen molar-refractivity contribution in [3.63, 3.8) is 0 Å². The lowest BCUT2D eigenvalue weighted by atomic mass is 9.87. The Hall–Kier alpha value is -1.18. The highest BCUT2D eigenvalue weighted by Gasteiger charge is 2.25. The van der Waals surface area contributed by atoms with Crippen molar-refractivity contribution in [1.82, 2.24) is 4.72 Å². The minimum Gasteiger partial charge on any atom is -0.398 e. The van der Waals surface area contributed by atoms with Crippen molar-refractivity contribution in [2.45, 2.75) is 43.6 Å². The minimum absolute atomic E-state index is 0.0961. The second kappa shape index (κ2) is 6.29. The van der Waals surface area contributed by atoms with E-state index in [-0.39, 0.29) is 28.6 Å². The van der Waals surface area contributed by atoms with E-state index in [1.165, 1.54) is 13.0 Å². The standard InChI is InChI=1S/C14H21FN2O3S/c1-9-12(15)6-11(7-13(9)16)21(19,20)17-8-10-4-2-3-5-14(10)18/h6-7,10,14,17-18H,2-5,8,16H2,1H3. The molecule has 0 aliphatic heterocycles. The maximum absolute atomic E-state index is 13.6. The molecule has 0 saturated heterocycles. The van der Waals surface area contributed by atoms with Gasteiger partial charge >= 0.3 is 0 Å². The molecule has 2 unspecified atom stereocenters. The first kappa shape index (κ1) is 16.2. The van der Waals surface area contributed by atoms with E-state index in [0.717, 1.165) is 25.3 Å². The van der Waals surface area contributed by atoms with Gasteiger partial charge in [0.25, 0.3) is 0 Å².